The minimum atomic E-state index is -4.65. The van der Waals surface area contributed by atoms with E-state index in [1.54, 1.807) is 24.3 Å². The molecule has 0 saturated heterocycles. The van der Waals surface area contributed by atoms with Crippen LogP contribution in [0.25, 0.3) is 27.8 Å². The fraction of sp³-hybridized carbons (Fsp3) is 0.136. The Kier molecular flexibility index (Phi) is 5.75. The van der Waals surface area contributed by atoms with Gasteiger partial charge in [0.05, 0.1) is 28.6 Å². The molecule has 6 nitrogen and oxygen atoms in total. The van der Waals surface area contributed by atoms with E-state index in [0.29, 0.717) is 27.0 Å². The first-order chi connectivity index (χ1) is 15.5. The number of hydrogen-bond acceptors (Lipinski definition) is 5. The van der Waals surface area contributed by atoms with Crippen LogP contribution in [0.2, 0.25) is 5.02 Å². The highest BCUT2D eigenvalue weighted by Crippen LogP contribution is 2.31. The highest BCUT2D eigenvalue weighted by Gasteiger charge is 2.31. The zero-order chi connectivity index (χ0) is 24.0. The molecule has 0 fully saturated rings. The van der Waals surface area contributed by atoms with Gasteiger partial charge in [-0.3, -0.25) is 4.79 Å². The van der Waals surface area contributed by atoms with E-state index in [4.69, 9.17) is 11.6 Å². The van der Waals surface area contributed by atoms with Crippen molar-refractivity contribution in [3.8, 4) is 17.1 Å². The molecule has 0 atom stereocenters. The summed E-state index contributed by atoms with van der Waals surface area (Å²) in [6.07, 6.45) is -3.46. The summed E-state index contributed by atoms with van der Waals surface area (Å²) in [5, 5.41) is 4.40. The number of rotatable bonds is 4. The first-order valence-corrected chi connectivity index (χ1v) is 11.6. The fourth-order valence-corrected chi connectivity index (χ4v) is 4.36. The second-order valence-corrected chi connectivity index (χ2v) is 9.77. The Balaban J connectivity index is 2.01. The van der Waals surface area contributed by atoms with Gasteiger partial charge in [0.1, 0.15) is 4.90 Å². The summed E-state index contributed by atoms with van der Waals surface area (Å²) in [6, 6.07) is 12.0. The lowest BCUT2D eigenvalue weighted by molar-refractivity contribution is -0.137. The van der Waals surface area contributed by atoms with Gasteiger partial charge in [-0.05, 0) is 36.4 Å². The Hall–Kier alpha value is -3.24. The van der Waals surface area contributed by atoms with Crippen LogP contribution < -0.4 is 5.56 Å². The molecule has 11 heteroatoms. The van der Waals surface area contributed by atoms with Crippen molar-refractivity contribution in [2.24, 2.45) is 0 Å². The minimum Gasteiger partial charge on any atom is -0.267 e. The highest BCUT2D eigenvalue weighted by atomic mass is 35.5. The van der Waals surface area contributed by atoms with Crippen LogP contribution in [0.3, 0.4) is 0 Å². The number of nitrogens with zero attached hydrogens (tertiary/aromatic N) is 3. The van der Waals surface area contributed by atoms with E-state index in [-0.39, 0.29) is 27.2 Å². The van der Waals surface area contributed by atoms with Crippen molar-refractivity contribution < 1.29 is 21.6 Å². The second-order valence-electron chi connectivity index (χ2n) is 7.09. The normalized spacial score (nSPS) is 12.3. The van der Waals surface area contributed by atoms with Gasteiger partial charge in [0.15, 0.2) is 15.7 Å². The number of halogens is 4. The summed E-state index contributed by atoms with van der Waals surface area (Å²) >= 11 is 5.92. The molecule has 0 aliphatic carbocycles. The third kappa shape index (κ3) is 4.36. The van der Waals surface area contributed by atoms with Gasteiger partial charge in [-0.15, -0.1) is 0 Å². The van der Waals surface area contributed by atoms with Gasteiger partial charge in [-0.25, -0.2) is 13.4 Å². The lowest BCUT2D eigenvalue weighted by Gasteiger charge is -2.13. The fourth-order valence-electron chi connectivity index (χ4n) is 3.23. The zero-order valence-corrected chi connectivity index (χ0v) is 18.5. The average molecular weight is 494 g/mol. The van der Waals surface area contributed by atoms with Crippen molar-refractivity contribution in [1.29, 1.82) is 0 Å². The van der Waals surface area contributed by atoms with Crippen LogP contribution in [0.1, 0.15) is 12.5 Å². The molecule has 4 aromatic rings. The third-order valence-corrected chi connectivity index (χ3v) is 7.01. The van der Waals surface area contributed by atoms with Gasteiger partial charge in [0, 0.05) is 16.0 Å². The van der Waals surface area contributed by atoms with Crippen LogP contribution in [0.15, 0.2) is 70.5 Å². The molecule has 0 aliphatic rings. The van der Waals surface area contributed by atoms with Gasteiger partial charge in [0.2, 0.25) is 0 Å². The number of alkyl halides is 3. The largest absolute Gasteiger partial charge is 0.416 e. The molecule has 2 aromatic heterocycles. The number of aromatic nitrogens is 3. The van der Waals surface area contributed by atoms with Crippen molar-refractivity contribution in [2.45, 2.75) is 18.0 Å². The number of fused-ring (bicyclic) bond motifs is 1. The Bertz CT molecular complexity index is 1530. The van der Waals surface area contributed by atoms with E-state index in [0.717, 1.165) is 12.1 Å². The number of pyridine rings is 1. The maximum atomic E-state index is 13.2. The smallest absolute Gasteiger partial charge is 0.267 e. The Morgan fingerprint density at radius 2 is 1.73 bits per heavy atom. The molecule has 2 heterocycles. The lowest BCUT2D eigenvalue weighted by atomic mass is 10.1. The Morgan fingerprint density at radius 1 is 1.03 bits per heavy atom. The van der Waals surface area contributed by atoms with E-state index in [1.807, 2.05) is 0 Å². The van der Waals surface area contributed by atoms with E-state index in [2.05, 4.69) is 10.1 Å². The quantitative estimate of drug-likeness (QED) is 0.403. The maximum absolute atomic E-state index is 13.2. The van der Waals surface area contributed by atoms with Crippen LogP contribution in [-0.4, -0.2) is 28.9 Å². The molecular formula is C22H15ClF3N3O3S. The van der Waals surface area contributed by atoms with Gasteiger partial charge in [-0.2, -0.15) is 23.0 Å². The van der Waals surface area contributed by atoms with Gasteiger partial charge in [-0.1, -0.05) is 36.7 Å². The van der Waals surface area contributed by atoms with Crippen LogP contribution >= 0.6 is 11.6 Å². The molecule has 0 spiro atoms. The predicted molar refractivity (Wildman–Crippen MR) is 118 cm³/mol. The van der Waals surface area contributed by atoms with Crippen molar-refractivity contribution in [2.75, 3.05) is 5.75 Å². The summed E-state index contributed by atoms with van der Waals surface area (Å²) in [7, 11) is -3.85. The minimum absolute atomic E-state index is 0.179. The summed E-state index contributed by atoms with van der Waals surface area (Å²) in [6.45, 7) is 1.43. The maximum Gasteiger partial charge on any atom is 0.416 e. The van der Waals surface area contributed by atoms with E-state index >= 15 is 0 Å². The molecule has 4 rings (SSSR count). The molecule has 0 N–H and O–H groups in total. The van der Waals surface area contributed by atoms with E-state index in [9.17, 15) is 26.4 Å². The molecule has 0 saturated carbocycles. The Morgan fingerprint density at radius 3 is 2.36 bits per heavy atom. The predicted octanol–water partition coefficient (Wildman–Crippen LogP) is 4.91. The first-order valence-electron chi connectivity index (χ1n) is 9.60. The van der Waals surface area contributed by atoms with Crippen molar-refractivity contribution in [3.05, 3.63) is 81.7 Å². The highest BCUT2D eigenvalue weighted by molar-refractivity contribution is 7.91. The lowest BCUT2D eigenvalue weighted by Crippen LogP contribution is -2.25. The van der Waals surface area contributed by atoms with Crippen molar-refractivity contribution in [1.82, 2.24) is 14.8 Å². The van der Waals surface area contributed by atoms with Crippen LogP contribution in [0.5, 0.6) is 0 Å². The number of sulfone groups is 1. The van der Waals surface area contributed by atoms with Gasteiger partial charge in [0.25, 0.3) is 5.56 Å². The molecule has 0 bridgehead atoms. The van der Waals surface area contributed by atoms with Crippen molar-refractivity contribution >= 4 is 32.2 Å². The van der Waals surface area contributed by atoms with Crippen LogP contribution in [0, 0.1) is 0 Å². The zero-order valence-electron chi connectivity index (χ0n) is 17.0. The summed E-state index contributed by atoms with van der Waals surface area (Å²) < 4.78 is 65.7. The van der Waals surface area contributed by atoms with Gasteiger partial charge >= 0.3 is 6.18 Å². The molecule has 2 aromatic carbocycles. The summed E-state index contributed by atoms with van der Waals surface area (Å²) in [4.78, 5) is 17.2. The van der Waals surface area contributed by atoms with E-state index < -0.39 is 27.1 Å². The van der Waals surface area contributed by atoms with Gasteiger partial charge < -0.3 is 0 Å². The van der Waals surface area contributed by atoms with E-state index in [1.165, 1.54) is 25.3 Å². The SMILES string of the molecule is CCS(=O)(=O)c1ccc(-c2ccc(Cl)cc2)nc1-n1ncc2ccc(C(F)(F)F)cc2c1=O. The van der Waals surface area contributed by atoms with Crippen LogP contribution in [0.4, 0.5) is 13.2 Å². The molecule has 0 aliphatic heterocycles. The molecule has 0 radical (unpaired) electrons. The monoisotopic (exact) mass is 493 g/mol. The summed E-state index contributed by atoms with van der Waals surface area (Å²) in [5.74, 6) is -0.573. The third-order valence-electron chi connectivity index (χ3n) is 5.01. The molecule has 170 valence electrons. The molecule has 0 unspecified atom stereocenters. The summed E-state index contributed by atoms with van der Waals surface area (Å²) in [5.41, 5.74) is -1.01. The number of benzene rings is 2. The standard InChI is InChI=1S/C22H15ClF3N3O3S/c1-2-33(31,32)19-10-9-18(13-4-7-16(23)8-5-13)28-20(19)29-21(30)17-11-15(22(24,25)26)6-3-14(17)12-27-29/h3-12H,2H2,1H3. The Labute approximate surface area is 191 Å². The van der Waals surface area contributed by atoms with Crippen LogP contribution in [-0.2, 0) is 16.0 Å². The number of hydrogen-bond donors (Lipinski definition) is 0. The molecular weight excluding hydrogens is 479 g/mol. The molecule has 33 heavy (non-hydrogen) atoms. The molecule has 0 amide bonds. The first kappa shape index (κ1) is 22.9. The topological polar surface area (TPSA) is 81.9 Å². The second kappa shape index (κ2) is 8.27. The average Bonchev–Trinajstić information content (AvgIpc) is 2.78. The van der Waals surface area contributed by atoms with Crippen molar-refractivity contribution in [3.63, 3.8) is 0 Å².